The van der Waals surface area contributed by atoms with E-state index in [9.17, 15) is 4.79 Å². The van der Waals surface area contributed by atoms with Crippen molar-refractivity contribution in [3.63, 3.8) is 0 Å². The first-order chi connectivity index (χ1) is 6.77. The van der Waals surface area contributed by atoms with Gasteiger partial charge in [-0.05, 0) is 12.1 Å². The largest absolute Gasteiger partial charge is 0.298 e. The molecule has 0 bridgehead atoms. The van der Waals surface area contributed by atoms with Crippen molar-refractivity contribution in [1.29, 1.82) is 5.26 Å². The Labute approximate surface area is 90.2 Å². The van der Waals surface area contributed by atoms with E-state index < -0.39 is 0 Å². The van der Waals surface area contributed by atoms with Gasteiger partial charge in [-0.1, -0.05) is 0 Å². The lowest BCUT2D eigenvalue weighted by Crippen LogP contribution is -1.81. The van der Waals surface area contributed by atoms with Gasteiger partial charge in [-0.15, -0.1) is 24.0 Å². The molecule has 0 atom stereocenters. The average molecular weight is 219 g/mol. The van der Waals surface area contributed by atoms with Crippen LogP contribution in [0.3, 0.4) is 0 Å². The molecule has 68 valence electrons. The van der Waals surface area contributed by atoms with Crippen LogP contribution in [-0.2, 0) is 0 Å². The van der Waals surface area contributed by atoms with Gasteiger partial charge < -0.3 is 0 Å². The van der Waals surface area contributed by atoms with Crippen LogP contribution in [0.2, 0.25) is 0 Å². The van der Waals surface area contributed by atoms with E-state index in [4.69, 9.17) is 5.26 Å². The third-order valence-corrected chi connectivity index (χ3v) is 3.38. The minimum Gasteiger partial charge on any atom is -0.298 e. The van der Waals surface area contributed by atoms with Crippen molar-refractivity contribution in [3.05, 3.63) is 28.6 Å². The molecule has 0 amide bonds. The molecular weight excluding hydrogens is 214 g/mol. The van der Waals surface area contributed by atoms with Gasteiger partial charge in [0, 0.05) is 25.9 Å². The first-order valence-electron chi connectivity index (χ1n) is 3.86. The fourth-order valence-corrected chi connectivity index (χ4v) is 2.71. The second-order valence-corrected chi connectivity index (χ2v) is 4.12. The normalized spacial score (nSPS) is 10.0. The van der Waals surface area contributed by atoms with E-state index in [1.54, 1.807) is 17.5 Å². The molecule has 0 saturated carbocycles. The highest BCUT2D eigenvalue weighted by Gasteiger charge is 2.09. The number of hydrogen-bond acceptors (Lipinski definition) is 4. The van der Waals surface area contributed by atoms with Crippen molar-refractivity contribution in [2.24, 2.45) is 0 Å². The number of hydrogen-bond donors (Lipinski definition) is 1. The molecule has 2 aromatic rings. The maximum Gasteiger partial charge on any atom is 0.151 e. The summed E-state index contributed by atoms with van der Waals surface area (Å²) >= 11 is 5.67. The first-order valence-corrected chi connectivity index (χ1v) is 5.19. The highest BCUT2D eigenvalue weighted by molar-refractivity contribution is 7.80. The van der Waals surface area contributed by atoms with E-state index in [-0.39, 0.29) is 0 Å². The second-order valence-electron chi connectivity index (χ2n) is 2.76. The average Bonchev–Trinajstić information content (AvgIpc) is 2.63. The molecular formula is C10H5NOS2. The van der Waals surface area contributed by atoms with Crippen molar-refractivity contribution in [2.75, 3.05) is 0 Å². The van der Waals surface area contributed by atoms with E-state index in [1.807, 2.05) is 0 Å². The van der Waals surface area contributed by atoms with Gasteiger partial charge in [0.25, 0.3) is 0 Å². The summed E-state index contributed by atoms with van der Waals surface area (Å²) in [5, 5.41) is 11.4. The molecule has 0 aliphatic heterocycles. The van der Waals surface area contributed by atoms with Crippen LogP contribution < -0.4 is 0 Å². The molecule has 0 unspecified atom stereocenters. The minimum atomic E-state index is 0.582. The van der Waals surface area contributed by atoms with Gasteiger partial charge in [-0.2, -0.15) is 5.26 Å². The summed E-state index contributed by atoms with van der Waals surface area (Å²) < 4.78 is 0.837. The lowest BCUT2D eigenvalue weighted by molar-refractivity contribution is 0.112. The van der Waals surface area contributed by atoms with Gasteiger partial charge >= 0.3 is 0 Å². The Hall–Kier alpha value is -1.31. The highest BCUT2D eigenvalue weighted by Crippen LogP contribution is 2.32. The number of thiol groups is 1. The number of aldehydes is 1. The summed E-state index contributed by atoms with van der Waals surface area (Å²) in [6.45, 7) is 0. The minimum absolute atomic E-state index is 0.582. The lowest BCUT2D eigenvalue weighted by Gasteiger charge is -1.97. The van der Waals surface area contributed by atoms with Gasteiger partial charge in [0.05, 0.1) is 5.56 Å². The molecule has 0 fully saturated rings. The number of carbonyl (C=O) groups excluding carboxylic acids is 1. The van der Waals surface area contributed by atoms with Gasteiger partial charge in [-0.25, -0.2) is 0 Å². The summed E-state index contributed by atoms with van der Waals surface area (Å²) in [6.07, 6.45) is 0.799. The van der Waals surface area contributed by atoms with Crippen molar-refractivity contribution < 1.29 is 4.79 Å². The van der Waals surface area contributed by atoms with Gasteiger partial charge in [-0.3, -0.25) is 4.79 Å². The summed E-state index contributed by atoms with van der Waals surface area (Å²) in [7, 11) is 0. The maximum absolute atomic E-state index is 10.7. The quantitative estimate of drug-likeness (QED) is 0.592. The van der Waals surface area contributed by atoms with Gasteiger partial charge in [0.15, 0.2) is 6.29 Å². The van der Waals surface area contributed by atoms with E-state index in [0.717, 1.165) is 21.3 Å². The molecule has 0 N–H and O–H groups in total. The molecule has 0 aliphatic rings. The predicted molar refractivity (Wildman–Crippen MR) is 59.2 cm³/mol. The zero-order chi connectivity index (χ0) is 10.1. The number of fused-ring (bicyclic) bond motifs is 1. The Kier molecular flexibility index (Phi) is 2.28. The van der Waals surface area contributed by atoms with Gasteiger partial charge in [0.2, 0.25) is 0 Å². The van der Waals surface area contributed by atoms with E-state index >= 15 is 0 Å². The van der Waals surface area contributed by atoms with Crippen LogP contribution in [0.15, 0.2) is 22.4 Å². The van der Waals surface area contributed by atoms with Crippen LogP contribution in [-0.4, -0.2) is 6.29 Å². The third kappa shape index (κ3) is 1.22. The summed E-state index contributed by atoms with van der Waals surface area (Å²) in [4.78, 5) is 11.5. The van der Waals surface area contributed by atoms with E-state index in [2.05, 4.69) is 18.7 Å². The van der Waals surface area contributed by atoms with Crippen LogP contribution in [0.25, 0.3) is 10.1 Å². The van der Waals surface area contributed by atoms with Crippen molar-refractivity contribution in [1.82, 2.24) is 0 Å². The molecule has 14 heavy (non-hydrogen) atoms. The lowest BCUT2D eigenvalue weighted by atomic mass is 10.1. The first kappa shape index (κ1) is 9.25. The Balaban J connectivity index is 2.95. The number of nitriles is 1. The SMILES string of the molecule is N#Cc1csc2c(C=O)ccc(S)c12. The second kappa shape index (κ2) is 3.45. The van der Waals surface area contributed by atoms with Crippen LogP contribution >= 0.6 is 24.0 Å². The molecule has 2 nitrogen and oxygen atoms in total. The fourth-order valence-electron chi connectivity index (χ4n) is 1.33. The Morgan fingerprint density at radius 3 is 2.93 bits per heavy atom. The fraction of sp³-hybridized carbons (Fsp3) is 0. The molecule has 1 aromatic carbocycles. The molecule has 1 heterocycles. The van der Waals surface area contributed by atoms with Crippen molar-refractivity contribution in [2.45, 2.75) is 4.90 Å². The maximum atomic E-state index is 10.7. The van der Waals surface area contributed by atoms with E-state index in [0.29, 0.717) is 11.1 Å². The molecule has 4 heteroatoms. The number of benzene rings is 1. The molecule has 0 spiro atoms. The monoisotopic (exact) mass is 219 g/mol. The zero-order valence-corrected chi connectivity index (χ0v) is 8.73. The number of carbonyl (C=O) groups is 1. The smallest absolute Gasteiger partial charge is 0.151 e. The highest BCUT2D eigenvalue weighted by atomic mass is 32.1. The zero-order valence-electron chi connectivity index (χ0n) is 7.02. The van der Waals surface area contributed by atoms with Gasteiger partial charge in [0.1, 0.15) is 6.07 Å². The standard InChI is InChI=1S/C10H5NOS2/c11-3-7-5-14-10-6(4-12)1-2-8(13)9(7)10/h1-2,4-5,13H. The van der Waals surface area contributed by atoms with Crippen LogP contribution in [0.5, 0.6) is 0 Å². The summed E-state index contributed by atoms with van der Waals surface area (Å²) in [5.74, 6) is 0. The predicted octanol–water partition coefficient (Wildman–Crippen LogP) is 2.87. The van der Waals surface area contributed by atoms with E-state index in [1.165, 1.54) is 11.3 Å². The van der Waals surface area contributed by atoms with Crippen LogP contribution in [0.1, 0.15) is 15.9 Å². The molecule has 0 radical (unpaired) electrons. The number of rotatable bonds is 1. The van der Waals surface area contributed by atoms with Crippen molar-refractivity contribution >= 4 is 40.3 Å². The molecule has 0 saturated heterocycles. The summed E-state index contributed by atoms with van der Waals surface area (Å²) in [6, 6.07) is 5.54. The Morgan fingerprint density at radius 1 is 1.50 bits per heavy atom. The summed E-state index contributed by atoms with van der Waals surface area (Å²) in [5.41, 5.74) is 1.20. The topological polar surface area (TPSA) is 40.9 Å². The molecule has 0 aliphatic carbocycles. The van der Waals surface area contributed by atoms with Crippen molar-refractivity contribution in [3.8, 4) is 6.07 Å². The third-order valence-electron chi connectivity index (χ3n) is 1.98. The van der Waals surface area contributed by atoms with Crippen LogP contribution in [0, 0.1) is 11.3 Å². The molecule has 1 aromatic heterocycles. The van der Waals surface area contributed by atoms with Crippen LogP contribution in [0.4, 0.5) is 0 Å². The Bertz CT molecular complexity index is 551. The molecule has 2 rings (SSSR count). The number of nitrogens with zero attached hydrogens (tertiary/aromatic N) is 1. The number of thiophene rings is 1. The Morgan fingerprint density at radius 2 is 2.29 bits per heavy atom.